The van der Waals surface area contributed by atoms with Gasteiger partial charge in [-0.1, -0.05) is 26.0 Å². The lowest BCUT2D eigenvalue weighted by Crippen LogP contribution is -2.21. The van der Waals surface area contributed by atoms with Crippen LogP contribution in [-0.4, -0.2) is 16.3 Å². The lowest BCUT2D eigenvalue weighted by molar-refractivity contribution is 0.218. The van der Waals surface area contributed by atoms with Crippen LogP contribution in [0, 0.1) is 13.8 Å². The first-order valence-electron chi connectivity index (χ1n) is 6.05. The van der Waals surface area contributed by atoms with Gasteiger partial charge in [0.05, 0.1) is 6.61 Å². The molecule has 17 heavy (non-hydrogen) atoms. The number of rotatable bonds is 2. The van der Waals surface area contributed by atoms with Gasteiger partial charge in [-0.15, -0.1) is 0 Å². The molecule has 1 N–H and O–H groups in total. The quantitative estimate of drug-likeness (QED) is 0.844. The Morgan fingerprint density at radius 1 is 1.24 bits per heavy atom. The summed E-state index contributed by atoms with van der Waals surface area (Å²) in [6, 6.07) is 6.50. The summed E-state index contributed by atoms with van der Waals surface area (Å²) in [4.78, 5) is 0. The molecule has 2 nitrogen and oxygen atoms in total. The molecular weight excluding hydrogens is 210 g/mol. The van der Waals surface area contributed by atoms with Gasteiger partial charge in [0, 0.05) is 29.1 Å². The van der Waals surface area contributed by atoms with Gasteiger partial charge in [-0.3, -0.25) is 0 Å². The molecule has 0 unspecified atom stereocenters. The van der Waals surface area contributed by atoms with E-state index in [1.165, 1.54) is 27.7 Å². The summed E-state index contributed by atoms with van der Waals surface area (Å²) >= 11 is 0. The van der Waals surface area contributed by atoms with Crippen molar-refractivity contribution in [3.05, 3.63) is 35.0 Å². The normalized spacial score (nSPS) is 12.4. The minimum absolute atomic E-state index is 0.168. The molecule has 2 rings (SSSR count). The third-order valence-electron chi connectivity index (χ3n) is 3.99. The highest BCUT2D eigenvalue weighted by atomic mass is 16.3. The summed E-state index contributed by atoms with van der Waals surface area (Å²) in [6.07, 6.45) is 0. The summed E-state index contributed by atoms with van der Waals surface area (Å²) in [5.41, 5.74) is 4.90. The lowest BCUT2D eigenvalue weighted by atomic mass is 9.85. The minimum atomic E-state index is -0.180. The van der Waals surface area contributed by atoms with Crippen molar-refractivity contribution < 1.29 is 5.11 Å². The molecule has 0 saturated carbocycles. The monoisotopic (exact) mass is 231 g/mol. The van der Waals surface area contributed by atoms with Gasteiger partial charge in [0.2, 0.25) is 0 Å². The number of hydrogen-bond acceptors (Lipinski definition) is 1. The fourth-order valence-corrected chi connectivity index (χ4v) is 2.27. The lowest BCUT2D eigenvalue weighted by Gasteiger charge is -2.22. The Labute approximate surface area is 103 Å². The second kappa shape index (κ2) is 3.88. The molecule has 0 saturated heterocycles. The number of hydrogen-bond donors (Lipinski definition) is 1. The number of aliphatic hydroxyl groups excluding tert-OH is 1. The fourth-order valence-electron chi connectivity index (χ4n) is 2.27. The molecule has 0 fully saturated rings. The van der Waals surface area contributed by atoms with Gasteiger partial charge < -0.3 is 9.67 Å². The van der Waals surface area contributed by atoms with Crippen LogP contribution in [-0.2, 0) is 12.5 Å². The van der Waals surface area contributed by atoms with Gasteiger partial charge in [-0.05, 0) is 31.0 Å². The Morgan fingerprint density at radius 2 is 1.88 bits per heavy atom. The molecule has 1 heterocycles. The second-order valence-corrected chi connectivity index (χ2v) is 5.54. The molecule has 1 aromatic heterocycles. The van der Waals surface area contributed by atoms with Crippen molar-refractivity contribution in [1.82, 2.24) is 4.57 Å². The first kappa shape index (κ1) is 12.2. The number of benzene rings is 1. The predicted octanol–water partition coefficient (Wildman–Crippen LogP) is 3.07. The fraction of sp³-hybridized carbons (Fsp3) is 0.467. The van der Waals surface area contributed by atoms with Crippen LogP contribution >= 0.6 is 0 Å². The van der Waals surface area contributed by atoms with Crippen molar-refractivity contribution in [1.29, 1.82) is 0 Å². The van der Waals surface area contributed by atoms with E-state index in [9.17, 15) is 5.11 Å². The zero-order valence-electron chi connectivity index (χ0n) is 11.3. The number of fused-ring (bicyclic) bond motifs is 1. The van der Waals surface area contributed by atoms with E-state index in [1.54, 1.807) is 0 Å². The Hall–Kier alpha value is -1.28. The van der Waals surface area contributed by atoms with E-state index in [4.69, 9.17) is 0 Å². The molecule has 92 valence electrons. The first-order valence-corrected chi connectivity index (χ1v) is 6.05. The van der Waals surface area contributed by atoms with E-state index in [0.29, 0.717) is 0 Å². The maximum Gasteiger partial charge on any atom is 0.0522 e. The van der Waals surface area contributed by atoms with Crippen molar-refractivity contribution in [2.75, 3.05) is 6.61 Å². The van der Waals surface area contributed by atoms with Crippen LogP contribution < -0.4 is 0 Å². The van der Waals surface area contributed by atoms with Crippen LogP contribution in [0.25, 0.3) is 10.9 Å². The average Bonchev–Trinajstić information content (AvgIpc) is 2.54. The Balaban J connectivity index is 2.70. The Morgan fingerprint density at radius 3 is 2.47 bits per heavy atom. The smallest absolute Gasteiger partial charge is 0.0522 e. The highest BCUT2D eigenvalue weighted by Crippen LogP contribution is 2.29. The zero-order chi connectivity index (χ0) is 12.8. The van der Waals surface area contributed by atoms with Gasteiger partial charge >= 0.3 is 0 Å². The Bertz CT molecular complexity index is 564. The number of aliphatic hydroxyl groups is 1. The summed E-state index contributed by atoms with van der Waals surface area (Å²) in [7, 11) is 2.10. The first-order chi connectivity index (χ1) is 7.88. The molecule has 0 amide bonds. The molecule has 0 atom stereocenters. The van der Waals surface area contributed by atoms with Gasteiger partial charge in [0.15, 0.2) is 0 Å². The van der Waals surface area contributed by atoms with E-state index in [2.05, 4.69) is 57.5 Å². The maximum atomic E-state index is 9.44. The van der Waals surface area contributed by atoms with E-state index in [1.807, 2.05) is 0 Å². The predicted molar refractivity (Wildman–Crippen MR) is 72.5 cm³/mol. The van der Waals surface area contributed by atoms with E-state index >= 15 is 0 Å². The zero-order valence-corrected chi connectivity index (χ0v) is 11.3. The number of aromatic nitrogens is 1. The maximum absolute atomic E-state index is 9.44. The van der Waals surface area contributed by atoms with Crippen LogP contribution in [0.1, 0.15) is 30.7 Å². The van der Waals surface area contributed by atoms with Crippen LogP contribution in [0.15, 0.2) is 18.2 Å². The third kappa shape index (κ3) is 1.77. The molecule has 0 bridgehead atoms. The Kier molecular flexibility index (Phi) is 2.78. The molecule has 0 aliphatic heterocycles. The second-order valence-electron chi connectivity index (χ2n) is 5.54. The topological polar surface area (TPSA) is 25.2 Å². The van der Waals surface area contributed by atoms with Crippen LogP contribution in [0.3, 0.4) is 0 Å². The van der Waals surface area contributed by atoms with E-state index < -0.39 is 0 Å². The molecule has 0 aliphatic carbocycles. The largest absolute Gasteiger partial charge is 0.395 e. The van der Waals surface area contributed by atoms with Gasteiger partial charge in [-0.2, -0.15) is 0 Å². The van der Waals surface area contributed by atoms with Crippen molar-refractivity contribution in [3.8, 4) is 0 Å². The molecule has 0 aliphatic rings. The standard InChI is InChI=1S/C15H21NO/c1-10-11(2)16(5)14-8-12(6-7-13(10)14)15(3,4)9-17/h6-8,17H,9H2,1-5H3. The van der Waals surface area contributed by atoms with Crippen LogP contribution in [0.2, 0.25) is 0 Å². The summed E-state index contributed by atoms with van der Waals surface area (Å²) in [5.74, 6) is 0. The van der Waals surface area contributed by atoms with Crippen molar-refractivity contribution in [2.45, 2.75) is 33.1 Å². The van der Waals surface area contributed by atoms with E-state index in [-0.39, 0.29) is 12.0 Å². The summed E-state index contributed by atoms with van der Waals surface area (Å²) in [5, 5.41) is 10.7. The molecule has 0 radical (unpaired) electrons. The van der Waals surface area contributed by atoms with Crippen molar-refractivity contribution in [2.24, 2.45) is 7.05 Å². The van der Waals surface area contributed by atoms with Crippen LogP contribution in [0.5, 0.6) is 0 Å². The summed E-state index contributed by atoms with van der Waals surface area (Å²) in [6.45, 7) is 8.61. The van der Waals surface area contributed by atoms with Gasteiger partial charge in [0.25, 0.3) is 0 Å². The SMILES string of the molecule is Cc1c(C)n(C)c2cc(C(C)(C)CO)ccc12. The number of aryl methyl sites for hydroxylation is 2. The van der Waals surface area contributed by atoms with Crippen molar-refractivity contribution >= 4 is 10.9 Å². The third-order valence-corrected chi connectivity index (χ3v) is 3.99. The van der Waals surface area contributed by atoms with Gasteiger partial charge in [-0.25, -0.2) is 0 Å². The highest BCUT2D eigenvalue weighted by molar-refractivity contribution is 5.86. The molecular formula is C15H21NO. The molecule has 2 heteroatoms. The molecule has 2 aromatic rings. The number of nitrogens with zero attached hydrogens (tertiary/aromatic N) is 1. The van der Waals surface area contributed by atoms with E-state index in [0.717, 1.165) is 0 Å². The minimum Gasteiger partial charge on any atom is -0.395 e. The van der Waals surface area contributed by atoms with Crippen molar-refractivity contribution in [3.63, 3.8) is 0 Å². The summed E-state index contributed by atoms with van der Waals surface area (Å²) < 4.78 is 2.22. The van der Waals surface area contributed by atoms with Crippen LogP contribution in [0.4, 0.5) is 0 Å². The highest BCUT2D eigenvalue weighted by Gasteiger charge is 2.20. The average molecular weight is 231 g/mol. The molecule has 1 aromatic carbocycles. The molecule has 0 spiro atoms. The van der Waals surface area contributed by atoms with Gasteiger partial charge in [0.1, 0.15) is 0 Å².